The lowest BCUT2D eigenvalue weighted by atomic mass is 10.0. The number of carbonyl (C=O) groups is 1. The van der Waals surface area contributed by atoms with Gasteiger partial charge in [0, 0.05) is 12.8 Å². The molecule has 2 rings (SSSR count). The molecule has 0 aromatic heterocycles. The maximum Gasteiger partial charge on any atom is 0.303 e. The lowest BCUT2D eigenvalue weighted by Crippen LogP contribution is -2.49. The third-order valence-electron chi connectivity index (χ3n) is 4.19. The van der Waals surface area contributed by atoms with Crippen molar-refractivity contribution >= 4 is 22.2 Å². The molecule has 3 unspecified atom stereocenters. The fraction of sp³-hybridized carbons (Fsp3) is 0.611. The standard InChI is InChI=1S/C18H25BrO6/c1-12(8-9-17(20)21)23-18-16(10-15(25-19)13(2)24-18)22-11-14-6-4-3-5-7-14/h3-7,12-13,15-16,18H,8-11H2,1-2H3,(H,20,21)/t12-,13?,15?,16+,18?/m0/s1. The summed E-state index contributed by atoms with van der Waals surface area (Å²) >= 11 is 3.04. The van der Waals surface area contributed by atoms with Crippen LogP contribution < -0.4 is 0 Å². The van der Waals surface area contributed by atoms with E-state index < -0.39 is 12.3 Å². The van der Waals surface area contributed by atoms with E-state index in [0.717, 1.165) is 5.56 Å². The zero-order chi connectivity index (χ0) is 18.2. The Labute approximate surface area is 156 Å². The van der Waals surface area contributed by atoms with Crippen molar-refractivity contribution in [3.63, 3.8) is 0 Å². The van der Waals surface area contributed by atoms with Gasteiger partial charge in [-0.05, 0) is 25.8 Å². The van der Waals surface area contributed by atoms with Gasteiger partial charge in [0.15, 0.2) is 6.29 Å². The number of rotatable bonds is 9. The third-order valence-corrected chi connectivity index (χ3v) is 4.67. The van der Waals surface area contributed by atoms with Gasteiger partial charge in [0.2, 0.25) is 0 Å². The Balaban J connectivity index is 1.95. The van der Waals surface area contributed by atoms with Crippen molar-refractivity contribution in [3.05, 3.63) is 35.9 Å². The molecule has 1 aromatic rings. The van der Waals surface area contributed by atoms with Gasteiger partial charge in [-0.25, -0.2) is 0 Å². The highest BCUT2D eigenvalue weighted by atomic mass is 79.9. The molecule has 1 aromatic carbocycles. The van der Waals surface area contributed by atoms with Crippen LogP contribution in [0.4, 0.5) is 0 Å². The monoisotopic (exact) mass is 416 g/mol. The molecular formula is C18H25BrO6. The molecule has 0 radical (unpaired) electrons. The molecular weight excluding hydrogens is 392 g/mol. The Morgan fingerprint density at radius 3 is 2.72 bits per heavy atom. The predicted molar refractivity (Wildman–Crippen MR) is 95.2 cm³/mol. The molecule has 0 spiro atoms. The first-order valence-electron chi connectivity index (χ1n) is 8.45. The molecule has 1 aliphatic rings. The van der Waals surface area contributed by atoms with Crippen LogP contribution in [0.5, 0.6) is 0 Å². The van der Waals surface area contributed by atoms with E-state index in [1.54, 1.807) is 0 Å². The second-order valence-corrected chi connectivity index (χ2v) is 6.66. The van der Waals surface area contributed by atoms with Crippen molar-refractivity contribution in [1.82, 2.24) is 0 Å². The van der Waals surface area contributed by atoms with E-state index >= 15 is 0 Å². The highest BCUT2D eigenvalue weighted by Crippen LogP contribution is 2.28. The van der Waals surface area contributed by atoms with Crippen LogP contribution in [0.3, 0.4) is 0 Å². The number of carboxylic acid groups (broad SMARTS) is 1. The minimum atomic E-state index is -0.835. The largest absolute Gasteiger partial charge is 0.481 e. The molecule has 0 aliphatic carbocycles. The number of ether oxygens (including phenoxy) is 3. The Kier molecular flexibility index (Phi) is 8.32. The number of hydrogen-bond acceptors (Lipinski definition) is 5. The summed E-state index contributed by atoms with van der Waals surface area (Å²) in [5.74, 6) is -0.835. The van der Waals surface area contributed by atoms with Gasteiger partial charge in [0.25, 0.3) is 0 Å². The Morgan fingerprint density at radius 1 is 1.36 bits per heavy atom. The van der Waals surface area contributed by atoms with Gasteiger partial charge in [0.05, 0.1) is 35.1 Å². The molecule has 1 N–H and O–H groups in total. The average molecular weight is 417 g/mol. The van der Waals surface area contributed by atoms with E-state index in [1.807, 2.05) is 44.2 Å². The Morgan fingerprint density at radius 2 is 2.08 bits per heavy atom. The van der Waals surface area contributed by atoms with Crippen LogP contribution in [-0.2, 0) is 29.4 Å². The van der Waals surface area contributed by atoms with Crippen LogP contribution >= 0.6 is 16.3 Å². The maximum atomic E-state index is 10.7. The van der Waals surface area contributed by atoms with Gasteiger partial charge in [-0.15, -0.1) is 0 Å². The zero-order valence-corrected chi connectivity index (χ0v) is 16.1. The van der Waals surface area contributed by atoms with E-state index in [9.17, 15) is 4.79 Å². The quantitative estimate of drug-likeness (QED) is 0.661. The van der Waals surface area contributed by atoms with Gasteiger partial charge in [-0.1, -0.05) is 30.3 Å². The zero-order valence-electron chi connectivity index (χ0n) is 14.5. The summed E-state index contributed by atoms with van der Waals surface area (Å²) in [6, 6.07) is 9.88. The maximum absolute atomic E-state index is 10.7. The third kappa shape index (κ3) is 6.67. The van der Waals surface area contributed by atoms with Crippen LogP contribution in [0.25, 0.3) is 0 Å². The molecule has 0 amide bonds. The smallest absolute Gasteiger partial charge is 0.303 e. The summed E-state index contributed by atoms with van der Waals surface area (Å²) in [6.45, 7) is 4.21. The normalized spacial score (nSPS) is 27.8. The minimum Gasteiger partial charge on any atom is -0.481 e. The summed E-state index contributed by atoms with van der Waals surface area (Å²) in [6.07, 6.45) is -0.289. The number of halogens is 1. The van der Waals surface area contributed by atoms with Crippen LogP contribution in [-0.4, -0.2) is 41.8 Å². The van der Waals surface area contributed by atoms with Gasteiger partial charge < -0.3 is 23.1 Å². The topological polar surface area (TPSA) is 74.2 Å². The number of hydrogen-bond donors (Lipinski definition) is 1. The summed E-state index contributed by atoms with van der Waals surface area (Å²) in [5.41, 5.74) is 1.06. The van der Waals surface area contributed by atoms with Gasteiger partial charge in [0.1, 0.15) is 12.2 Å². The number of benzene rings is 1. The molecule has 1 aliphatic heterocycles. The van der Waals surface area contributed by atoms with Crippen molar-refractivity contribution in [2.24, 2.45) is 0 Å². The summed E-state index contributed by atoms with van der Waals surface area (Å²) in [5, 5.41) is 8.81. The summed E-state index contributed by atoms with van der Waals surface area (Å²) in [4.78, 5) is 10.7. The molecule has 1 saturated heterocycles. The number of carboxylic acids is 1. The van der Waals surface area contributed by atoms with Crippen LogP contribution in [0, 0.1) is 0 Å². The fourth-order valence-electron chi connectivity index (χ4n) is 2.69. The van der Waals surface area contributed by atoms with Crippen molar-refractivity contribution < 1.29 is 27.9 Å². The minimum absolute atomic E-state index is 0.0616. The van der Waals surface area contributed by atoms with Gasteiger partial charge in [-0.2, -0.15) is 0 Å². The molecule has 1 heterocycles. The average Bonchev–Trinajstić information content (AvgIpc) is 2.60. The lowest BCUT2D eigenvalue weighted by molar-refractivity contribution is -0.280. The van der Waals surface area contributed by atoms with Gasteiger partial charge in [-0.3, -0.25) is 4.79 Å². The molecule has 25 heavy (non-hydrogen) atoms. The molecule has 5 atom stereocenters. The van der Waals surface area contributed by atoms with Crippen LogP contribution in [0.15, 0.2) is 30.3 Å². The number of aliphatic carboxylic acids is 1. The van der Waals surface area contributed by atoms with E-state index in [0.29, 0.717) is 19.4 Å². The van der Waals surface area contributed by atoms with E-state index in [1.165, 1.54) is 0 Å². The van der Waals surface area contributed by atoms with Crippen LogP contribution in [0.1, 0.15) is 38.7 Å². The first-order chi connectivity index (χ1) is 12.0. The molecule has 140 valence electrons. The van der Waals surface area contributed by atoms with Crippen molar-refractivity contribution in [1.29, 1.82) is 0 Å². The first-order valence-corrected chi connectivity index (χ1v) is 9.10. The highest BCUT2D eigenvalue weighted by Gasteiger charge is 2.38. The van der Waals surface area contributed by atoms with Crippen molar-refractivity contribution in [2.75, 3.05) is 0 Å². The Bertz CT molecular complexity index is 526. The van der Waals surface area contributed by atoms with E-state index in [-0.39, 0.29) is 30.8 Å². The molecule has 0 saturated carbocycles. The molecule has 7 heteroatoms. The first kappa shape index (κ1) is 20.3. The van der Waals surface area contributed by atoms with Crippen LogP contribution in [0.2, 0.25) is 0 Å². The fourth-order valence-corrected chi connectivity index (χ4v) is 3.15. The SMILES string of the molecule is CC1OC(O[C@@H](C)CCC(=O)O)[C@H](OCc2ccccc2)CC1OBr. The lowest BCUT2D eigenvalue weighted by Gasteiger charge is -2.39. The second-order valence-electron chi connectivity index (χ2n) is 6.29. The predicted octanol–water partition coefficient (Wildman–Crippen LogP) is 3.67. The molecule has 0 bridgehead atoms. The Hall–Kier alpha value is -0.990. The second kappa shape index (κ2) is 10.2. The summed E-state index contributed by atoms with van der Waals surface area (Å²) in [7, 11) is 0. The van der Waals surface area contributed by atoms with Crippen molar-refractivity contribution in [2.45, 2.75) is 70.4 Å². The van der Waals surface area contributed by atoms with Crippen molar-refractivity contribution in [3.8, 4) is 0 Å². The van der Waals surface area contributed by atoms with E-state index in [2.05, 4.69) is 16.3 Å². The molecule has 1 fully saturated rings. The van der Waals surface area contributed by atoms with Gasteiger partial charge >= 0.3 is 5.97 Å². The summed E-state index contributed by atoms with van der Waals surface area (Å²) < 4.78 is 23.2. The molecule has 6 nitrogen and oxygen atoms in total. The highest BCUT2D eigenvalue weighted by molar-refractivity contribution is 9.06. The van der Waals surface area contributed by atoms with E-state index in [4.69, 9.17) is 23.1 Å².